The summed E-state index contributed by atoms with van der Waals surface area (Å²) in [4.78, 5) is 22.4. The molecule has 1 amide bonds. The number of carbonyl (C=O) groups is 1. The van der Waals surface area contributed by atoms with Gasteiger partial charge in [-0.25, -0.2) is 9.97 Å². The molecule has 0 saturated heterocycles. The van der Waals surface area contributed by atoms with Gasteiger partial charge in [-0.2, -0.15) is 0 Å². The SMILES string of the molecule is C=CCNC(=O)c1cnc(N(CC)Cc2ccccc2)cn1. The number of carbonyl (C=O) groups excluding carboxylic acids is 1. The number of hydrogen-bond donors (Lipinski definition) is 1. The zero-order chi connectivity index (χ0) is 15.8. The van der Waals surface area contributed by atoms with Crippen molar-refractivity contribution < 1.29 is 4.79 Å². The van der Waals surface area contributed by atoms with Crippen LogP contribution in [-0.4, -0.2) is 29.0 Å². The van der Waals surface area contributed by atoms with E-state index in [1.165, 1.54) is 11.8 Å². The summed E-state index contributed by atoms with van der Waals surface area (Å²) in [7, 11) is 0. The summed E-state index contributed by atoms with van der Waals surface area (Å²) in [6.45, 7) is 7.61. The number of rotatable bonds is 7. The second-order valence-corrected chi connectivity index (χ2v) is 4.76. The van der Waals surface area contributed by atoms with Crippen molar-refractivity contribution in [3.05, 3.63) is 66.6 Å². The van der Waals surface area contributed by atoms with Crippen LogP contribution in [0, 0.1) is 0 Å². The molecule has 0 fully saturated rings. The molecular formula is C17H20N4O. The Morgan fingerprint density at radius 1 is 1.27 bits per heavy atom. The number of benzene rings is 1. The molecule has 0 radical (unpaired) electrons. The van der Waals surface area contributed by atoms with Crippen molar-refractivity contribution in [1.29, 1.82) is 0 Å². The molecule has 0 saturated carbocycles. The molecule has 1 N–H and O–H groups in total. The van der Waals surface area contributed by atoms with Crippen molar-refractivity contribution in [2.75, 3.05) is 18.0 Å². The molecule has 1 heterocycles. The van der Waals surface area contributed by atoms with E-state index in [0.29, 0.717) is 12.2 Å². The Morgan fingerprint density at radius 3 is 2.64 bits per heavy atom. The highest BCUT2D eigenvalue weighted by molar-refractivity contribution is 5.92. The summed E-state index contributed by atoms with van der Waals surface area (Å²) >= 11 is 0. The lowest BCUT2D eigenvalue weighted by molar-refractivity contribution is 0.0952. The van der Waals surface area contributed by atoms with E-state index in [2.05, 4.69) is 45.8 Å². The normalized spacial score (nSPS) is 10.0. The molecule has 0 aliphatic heterocycles. The van der Waals surface area contributed by atoms with Gasteiger partial charge in [-0.15, -0.1) is 6.58 Å². The molecule has 0 spiro atoms. The molecule has 1 aromatic heterocycles. The Kier molecular flexibility index (Phi) is 5.65. The molecule has 0 bridgehead atoms. The van der Waals surface area contributed by atoms with Crippen LogP contribution in [0.4, 0.5) is 5.82 Å². The van der Waals surface area contributed by atoms with Gasteiger partial charge in [0.25, 0.3) is 5.91 Å². The Labute approximate surface area is 130 Å². The molecule has 2 rings (SSSR count). The van der Waals surface area contributed by atoms with Crippen LogP contribution < -0.4 is 10.2 Å². The van der Waals surface area contributed by atoms with E-state index in [4.69, 9.17) is 0 Å². The van der Waals surface area contributed by atoms with Crippen LogP contribution in [0.25, 0.3) is 0 Å². The molecule has 0 aliphatic rings. The topological polar surface area (TPSA) is 58.1 Å². The lowest BCUT2D eigenvalue weighted by Crippen LogP contribution is -2.26. The zero-order valence-corrected chi connectivity index (χ0v) is 12.7. The molecule has 114 valence electrons. The summed E-state index contributed by atoms with van der Waals surface area (Å²) < 4.78 is 0. The molecule has 2 aromatic rings. The number of nitrogens with zero attached hydrogens (tertiary/aromatic N) is 3. The van der Waals surface area contributed by atoms with Crippen LogP contribution in [0.2, 0.25) is 0 Å². The molecule has 0 aliphatic carbocycles. The monoisotopic (exact) mass is 296 g/mol. The molecular weight excluding hydrogens is 276 g/mol. The van der Waals surface area contributed by atoms with Crippen molar-refractivity contribution in [1.82, 2.24) is 15.3 Å². The number of nitrogens with one attached hydrogen (secondary N) is 1. The van der Waals surface area contributed by atoms with Crippen LogP contribution >= 0.6 is 0 Å². The Balaban J connectivity index is 2.07. The van der Waals surface area contributed by atoms with Crippen LogP contribution in [0.15, 0.2) is 55.4 Å². The van der Waals surface area contributed by atoms with E-state index < -0.39 is 0 Å². The van der Waals surface area contributed by atoms with Gasteiger partial charge in [-0.3, -0.25) is 4.79 Å². The van der Waals surface area contributed by atoms with Crippen molar-refractivity contribution in [2.24, 2.45) is 0 Å². The fourth-order valence-electron chi connectivity index (χ4n) is 2.02. The van der Waals surface area contributed by atoms with Gasteiger partial charge >= 0.3 is 0 Å². The summed E-state index contributed by atoms with van der Waals surface area (Å²) in [5.74, 6) is 0.511. The second kappa shape index (κ2) is 7.93. The first-order valence-corrected chi connectivity index (χ1v) is 7.24. The quantitative estimate of drug-likeness (QED) is 0.797. The second-order valence-electron chi connectivity index (χ2n) is 4.76. The molecule has 0 atom stereocenters. The first-order valence-electron chi connectivity index (χ1n) is 7.24. The maximum Gasteiger partial charge on any atom is 0.271 e. The fourth-order valence-corrected chi connectivity index (χ4v) is 2.02. The third kappa shape index (κ3) is 4.15. The minimum Gasteiger partial charge on any atom is -0.351 e. The van der Waals surface area contributed by atoms with E-state index in [0.717, 1.165) is 18.9 Å². The first-order chi connectivity index (χ1) is 10.7. The van der Waals surface area contributed by atoms with Gasteiger partial charge < -0.3 is 10.2 Å². The third-order valence-corrected chi connectivity index (χ3v) is 3.20. The van der Waals surface area contributed by atoms with Gasteiger partial charge in [0.1, 0.15) is 11.5 Å². The average molecular weight is 296 g/mol. The van der Waals surface area contributed by atoms with Crippen LogP contribution in [0.3, 0.4) is 0 Å². The van der Waals surface area contributed by atoms with E-state index in [9.17, 15) is 4.79 Å². The lowest BCUT2D eigenvalue weighted by atomic mass is 10.2. The minimum absolute atomic E-state index is 0.245. The van der Waals surface area contributed by atoms with E-state index in [-0.39, 0.29) is 5.91 Å². The maximum atomic E-state index is 11.8. The van der Waals surface area contributed by atoms with Crippen molar-refractivity contribution in [3.8, 4) is 0 Å². The molecule has 22 heavy (non-hydrogen) atoms. The third-order valence-electron chi connectivity index (χ3n) is 3.20. The zero-order valence-electron chi connectivity index (χ0n) is 12.7. The highest BCUT2D eigenvalue weighted by Crippen LogP contribution is 2.13. The predicted molar refractivity (Wildman–Crippen MR) is 87.7 cm³/mol. The van der Waals surface area contributed by atoms with E-state index >= 15 is 0 Å². The number of aromatic nitrogens is 2. The first kappa shape index (κ1) is 15.7. The summed E-state index contributed by atoms with van der Waals surface area (Å²) in [5.41, 5.74) is 1.51. The van der Waals surface area contributed by atoms with Crippen LogP contribution in [-0.2, 0) is 6.54 Å². The van der Waals surface area contributed by atoms with Gasteiger partial charge in [0.15, 0.2) is 0 Å². The van der Waals surface area contributed by atoms with Crippen LogP contribution in [0.5, 0.6) is 0 Å². The van der Waals surface area contributed by atoms with Crippen molar-refractivity contribution >= 4 is 11.7 Å². The van der Waals surface area contributed by atoms with Gasteiger partial charge in [-0.1, -0.05) is 36.4 Å². The largest absolute Gasteiger partial charge is 0.351 e. The fraction of sp³-hybridized carbons (Fsp3) is 0.235. The molecule has 5 nitrogen and oxygen atoms in total. The maximum absolute atomic E-state index is 11.8. The van der Waals surface area contributed by atoms with Crippen molar-refractivity contribution in [2.45, 2.75) is 13.5 Å². The Morgan fingerprint density at radius 2 is 2.05 bits per heavy atom. The standard InChI is InChI=1S/C17H20N4O/c1-3-10-18-17(22)15-11-20-16(12-19-15)21(4-2)13-14-8-6-5-7-9-14/h3,5-9,11-12H,1,4,10,13H2,2H3,(H,18,22). The summed E-state index contributed by atoms with van der Waals surface area (Å²) in [6.07, 6.45) is 4.76. The van der Waals surface area contributed by atoms with Gasteiger partial charge in [-0.05, 0) is 12.5 Å². The minimum atomic E-state index is -0.245. The smallest absolute Gasteiger partial charge is 0.271 e. The van der Waals surface area contributed by atoms with E-state index in [1.54, 1.807) is 12.3 Å². The average Bonchev–Trinajstić information content (AvgIpc) is 2.58. The number of anilines is 1. The summed E-state index contributed by atoms with van der Waals surface area (Å²) in [6, 6.07) is 10.2. The molecule has 5 heteroatoms. The molecule has 1 aromatic carbocycles. The number of amides is 1. The van der Waals surface area contributed by atoms with Crippen molar-refractivity contribution in [3.63, 3.8) is 0 Å². The lowest BCUT2D eigenvalue weighted by Gasteiger charge is -2.21. The van der Waals surface area contributed by atoms with Gasteiger partial charge in [0.05, 0.1) is 12.4 Å². The molecule has 0 unspecified atom stereocenters. The summed E-state index contributed by atoms with van der Waals surface area (Å²) in [5, 5.41) is 2.68. The van der Waals surface area contributed by atoms with Gasteiger partial charge in [0.2, 0.25) is 0 Å². The highest BCUT2D eigenvalue weighted by Gasteiger charge is 2.10. The van der Waals surface area contributed by atoms with Gasteiger partial charge in [0, 0.05) is 19.6 Å². The van der Waals surface area contributed by atoms with E-state index in [1.807, 2.05) is 18.2 Å². The predicted octanol–water partition coefficient (Wildman–Crippen LogP) is 2.42. The Hall–Kier alpha value is -2.69. The highest BCUT2D eigenvalue weighted by atomic mass is 16.1. The Bertz CT molecular complexity index is 610. The number of hydrogen-bond acceptors (Lipinski definition) is 4. The van der Waals surface area contributed by atoms with Crippen LogP contribution in [0.1, 0.15) is 23.0 Å².